The van der Waals surface area contributed by atoms with Crippen molar-refractivity contribution in [2.24, 2.45) is 0 Å². The zero-order valence-corrected chi connectivity index (χ0v) is 11.2. The van der Waals surface area contributed by atoms with E-state index in [0.29, 0.717) is 5.56 Å². The maximum Gasteiger partial charge on any atom is 0.347 e. The lowest BCUT2D eigenvalue weighted by Gasteiger charge is -2.11. The van der Waals surface area contributed by atoms with Gasteiger partial charge in [-0.15, -0.1) is 0 Å². The molecule has 0 saturated carbocycles. The second kappa shape index (κ2) is 6.01. The molecule has 0 bridgehead atoms. The van der Waals surface area contributed by atoms with Crippen LogP contribution in [0.15, 0.2) is 35.5 Å². The molecule has 0 aromatic carbocycles. The highest BCUT2D eigenvalue weighted by atomic mass is 16.5. The third-order valence-electron chi connectivity index (χ3n) is 2.70. The molecule has 0 aliphatic rings. The Morgan fingerprint density at radius 3 is 2.85 bits per heavy atom. The van der Waals surface area contributed by atoms with Crippen molar-refractivity contribution in [2.45, 2.75) is 6.92 Å². The smallest absolute Gasteiger partial charge is 0.347 e. The number of hydrogen-bond acceptors (Lipinski definition) is 5. The fourth-order valence-corrected chi connectivity index (χ4v) is 1.85. The molecule has 0 fully saturated rings. The molecule has 1 N–H and O–H groups in total. The minimum Gasteiger partial charge on any atom is -0.495 e. The number of aromatic amines is 1. The summed E-state index contributed by atoms with van der Waals surface area (Å²) in [6.45, 7) is 1.85. The fourth-order valence-electron chi connectivity index (χ4n) is 1.85. The summed E-state index contributed by atoms with van der Waals surface area (Å²) >= 11 is 0. The fraction of sp³-hybridized carbons (Fsp3) is 0.214. The van der Waals surface area contributed by atoms with Gasteiger partial charge in [0.25, 0.3) is 5.56 Å². The second-order valence-electron chi connectivity index (χ2n) is 3.90. The Labute approximate surface area is 115 Å². The molecule has 0 spiro atoms. The number of carbonyl (C=O) groups excluding carboxylic acids is 1. The molecule has 104 valence electrons. The van der Waals surface area contributed by atoms with Crippen molar-refractivity contribution in [3.05, 3.63) is 46.6 Å². The molecular weight excluding hydrogens is 260 g/mol. The van der Waals surface area contributed by atoms with Gasteiger partial charge in [0.05, 0.1) is 13.7 Å². The monoisotopic (exact) mass is 274 g/mol. The van der Waals surface area contributed by atoms with E-state index in [-0.39, 0.29) is 17.9 Å². The predicted octanol–water partition coefficient (Wildman–Crippen LogP) is 1.62. The van der Waals surface area contributed by atoms with Crippen molar-refractivity contribution in [1.29, 1.82) is 0 Å². The van der Waals surface area contributed by atoms with Gasteiger partial charge in [0.2, 0.25) is 0 Å². The van der Waals surface area contributed by atoms with E-state index in [1.165, 1.54) is 13.3 Å². The Balaban J connectivity index is 2.64. The van der Waals surface area contributed by atoms with Crippen LogP contribution >= 0.6 is 0 Å². The summed E-state index contributed by atoms with van der Waals surface area (Å²) in [6, 6.07) is 3.56. The van der Waals surface area contributed by atoms with Crippen LogP contribution < -0.4 is 10.3 Å². The first-order valence-corrected chi connectivity index (χ1v) is 6.06. The lowest BCUT2D eigenvalue weighted by Crippen LogP contribution is -2.21. The summed E-state index contributed by atoms with van der Waals surface area (Å²) in [5, 5.41) is 0. The molecular formula is C14H14N2O4. The number of nitrogens with one attached hydrogen (secondary N) is 1. The Morgan fingerprint density at radius 1 is 1.45 bits per heavy atom. The van der Waals surface area contributed by atoms with Crippen molar-refractivity contribution in [2.75, 3.05) is 13.7 Å². The quantitative estimate of drug-likeness (QED) is 0.857. The third-order valence-corrected chi connectivity index (χ3v) is 2.70. The molecule has 2 heterocycles. The molecule has 0 unspecified atom stereocenters. The first-order valence-electron chi connectivity index (χ1n) is 6.06. The van der Waals surface area contributed by atoms with Crippen LogP contribution in [-0.4, -0.2) is 29.7 Å². The highest BCUT2D eigenvalue weighted by Gasteiger charge is 2.22. The molecule has 6 heteroatoms. The van der Waals surface area contributed by atoms with Crippen LogP contribution in [-0.2, 0) is 4.74 Å². The van der Waals surface area contributed by atoms with Gasteiger partial charge in [0, 0.05) is 29.7 Å². The van der Waals surface area contributed by atoms with E-state index >= 15 is 0 Å². The Morgan fingerprint density at radius 2 is 2.25 bits per heavy atom. The van der Waals surface area contributed by atoms with E-state index in [1.54, 1.807) is 31.5 Å². The number of nitrogens with zero attached hydrogens (tertiary/aromatic N) is 1. The minimum absolute atomic E-state index is 0.143. The number of pyridine rings is 2. The Bertz CT molecular complexity index is 665. The van der Waals surface area contributed by atoms with Gasteiger partial charge in [-0.25, -0.2) is 4.79 Å². The third kappa shape index (κ3) is 2.54. The number of H-pyrrole nitrogens is 1. The normalized spacial score (nSPS) is 10.1. The van der Waals surface area contributed by atoms with E-state index in [2.05, 4.69) is 9.97 Å². The molecule has 6 nitrogen and oxygen atoms in total. The highest BCUT2D eigenvalue weighted by Crippen LogP contribution is 2.30. The molecule has 2 rings (SSSR count). The molecule has 2 aromatic heterocycles. The summed E-state index contributed by atoms with van der Waals surface area (Å²) < 4.78 is 10.1. The molecule has 2 aromatic rings. The van der Waals surface area contributed by atoms with Crippen molar-refractivity contribution < 1.29 is 14.3 Å². The van der Waals surface area contributed by atoms with Crippen LogP contribution in [0.2, 0.25) is 0 Å². The van der Waals surface area contributed by atoms with Crippen molar-refractivity contribution in [1.82, 2.24) is 9.97 Å². The number of methoxy groups -OCH3 is 1. The van der Waals surface area contributed by atoms with Gasteiger partial charge in [-0.1, -0.05) is 6.07 Å². The van der Waals surface area contributed by atoms with Crippen LogP contribution in [0, 0.1) is 0 Å². The van der Waals surface area contributed by atoms with Gasteiger partial charge in [-0.05, 0) is 13.0 Å². The first-order chi connectivity index (χ1) is 9.69. The number of rotatable bonds is 4. The number of ether oxygens (including phenoxy) is 2. The number of carbonyl (C=O) groups is 1. The van der Waals surface area contributed by atoms with E-state index < -0.39 is 11.5 Å². The maximum atomic E-state index is 11.9. The average Bonchev–Trinajstić information content (AvgIpc) is 2.47. The standard InChI is InChI=1S/C14H14N2O4/c1-3-20-14(18)11-12(19-2)10(8-16-13(11)17)9-5-4-6-15-7-9/h4-8H,3H2,1-2H3,(H,16,17). The average molecular weight is 274 g/mol. The predicted molar refractivity (Wildman–Crippen MR) is 72.8 cm³/mol. The summed E-state index contributed by atoms with van der Waals surface area (Å²) in [6.07, 6.45) is 4.74. The summed E-state index contributed by atoms with van der Waals surface area (Å²) in [5.74, 6) is -0.531. The summed E-state index contributed by atoms with van der Waals surface area (Å²) in [7, 11) is 1.40. The first kappa shape index (κ1) is 13.8. The second-order valence-corrected chi connectivity index (χ2v) is 3.90. The highest BCUT2D eigenvalue weighted by molar-refractivity contribution is 5.95. The van der Waals surface area contributed by atoms with Crippen LogP contribution in [0.5, 0.6) is 5.75 Å². The Hall–Kier alpha value is -2.63. The molecule has 20 heavy (non-hydrogen) atoms. The van der Waals surface area contributed by atoms with Gasteiger partial charge < -0.3 is 14.5 Å². The van der Waals surface area contributed by atoms with Gasteiger partial charge in [0.1, 0.15) is 5.75 Å². The van der Waals surface area contributed by atoms with Crippen LogP contribution in [0.1, 0.15) is 17.3 Å². The zero-order valence-electron chi connectivity index (χ0n) is 11.2. The van der Waals surface area contributed by atoms with Gasteiger partial charge in [-0.3, -0.25) is 9.78 Å². The summed E-state index contributed by atoms with van der Waals surface area (Å²) in [5.41, 5.74) is 0.609. The number of aromatic nitrogens is 2. The lowest BCUT2D eigenvalue weighted by molar-refractivity contribution is 0.0520. The minimum atomic E-state index is -0.712. The topological polar surface area (TPSA) is 81.3 Å². The van der Waals surface area contributed by atoms with E-state index in [9.17, 15) is 9.59 Å². The van der Waals surface area contributed by atoms with Gasteiger partial charge in [0.15, 0.2) is 5.56 Å². The van der Waals surface area contributed by atoms with E-state index in [1.807, 2.05) is 0 Å². The van der Waals surface area contributed by atoms with Crippen molar-refractivity contribution in [3.8, 4) is 16.9 Å². The van der Waals surface area contributed by atoms with Crippen LogP contribution in [0.25, 0.3) is 11.1 Å². The molecule has 0 aliphatic carbocycles. The van der Waals surface area contributed by atoms with Gasteiger partial charge in [-0.2, -0.15) is 0 Å². The molecule has 0 saturated heterocycles. The van der Waals surface area contributed by atoms with Crippen LogP contribution in [0.4, 0.5) is 0 Å². The molecule has 0 amide bonds. The van der Waals surface area contributed by atoms with E-state index in [0.717, 1.165) is 5.56 Å². The molecule has 0 aliphatic heterocycles. The van der Waals surface area contributed by atoms with Crippen molar-refractivity contribution in [3.63, 3.8) is 0 Å². The summed E-state index contributed by atoms with van der Waals surface area (Å²) in [4.78, 5) is 30.3. The SMILES string of the molecule is CCOC(=O)c1c(OC)c(-c2cccnc2)c[nH]c1=O. The number of esters is 1. The Kier molecular flexibility index (Phi) is 4.14. The van der Waals surface area contributed by atoms with Gasteiger partial charge >= 0.3 is 5.97 Å². The molecule has 0 radical (unpaired) electrons. The lowest BCUT2D eigenvalue weighted by atomic mass is 10.1. The zero-order chi connectivity index (χ0) is 14.5. The maximum absolute atomic E-state index is 11.9. The van der Waals surface area contributed by atoms with Crippen LogP contribution in [0.3, 0.4) is 0 Å². The largest absolute Gasteiger partial charge is 0.495 e. The molecule has 0 atom stereocenters. The van der Waals surface area contributed by atoms with Crippen molar-refractivity contribution >= 4 is 5.97 Å². The van der Waals surface area contributed by atoms with E-state index in [4.69, 9.17) is 9.47 Å². The number of hydrogen-bond donors (Lipinski definition) is 1.